The van der Waals surface area contributed by atoms with Gasteiger partial charge < -0.3 is 10.2 Å². The summed E-state index contributed by atoms with van der Waals surface area (Å²) >= 11 is 0. The molecule has 3 nitrogen and oxygen atoms in total. The van der Waals surface area contributed by atoms with Gasteiger partial charge in [0.05, 0.1) is 6.42 Å². The Bertz CT molecular complexity index is 342. The van der Waals surface area contributed by atoms with Gasteiger partial charge in [0.2, 0.25) is 0 Å². The van der Waals surface area contributed by atoms with Gasteiger partial charge in [-0.05, 0) is 42.7 Å². The molecule has 3 heteroatoms. The number of aliphatic carboxylic acids is 1. The Labute approximate surface area is 76.6 Å². The predicted molar refractivity (Wildman–Crippen MR) is 48.9 cm³/mol. The fraction of sp³-hybridized carbons (Fsp3) is 0.300. The van der Waals surface area contributed by atoms with Crippen LogP contribution in [-0.2, 0) is 11.2 Å². The van der Waals surface area contributed by atoms with Gasteiger partial charge >= 0.3 is 5.97 Å². The Morgan fingerprint density at radius 1 is 1.38 bits per heavy atom. The molecular weight excluding hydrogens is 168 g/mol. The van der Waals surface area contributed by atoms with Gasteiger partial charge in [-0.2, -0.15) is 0 Å². The van der Waals surface area contributed by atoms with Crippen molar-refractivity contribution in [1.82, 2.24) is 0 Å². The molecule has 0 aromatic heterocycles. The van der Waals surface area contributed by atoms with Gasteiger partial charge in [-0.3, -0.25) is 4.79 Å². The van der Waals surface area contributed by atoms with Crippen molar-refractivity contribution >= 4 is 5.97 Å². The van der Waals surface area contributed by atoms with Crippen LogP contribution in [0.5, 0.6) is 5.75 Å². The first-order chi connectivity index (χ1) is 6.00. The number of hydrogen-bond acceptors (Lipinski definition) is 2. The summed E-state index contributed by atoms with van der Waals surface area (Å²) in [5.74, 6) is -0.757. The molecule has 0 saturated heterocycles. The molecule has 0 aliphatic carbocycles. The van der Waals surface area contributed by atoms with Crippen molar-refractivity contribution < 1.29 is 15.0 Å². The number of phenols is 1. The zero-order valence-corrected chi connectivity index (χ0v) is 7.66. The lowest BCUT2D eigenvalue weighted by molar-refractivity contribution is -0.136. The third-order valence-electron chi connectivity index (χ3n) is 2.10. The molecule has 0 radical (unpaired) electrons. The predicted octanol–water partition coefficient (Wildman–Crippen LogP) is 1.64. The molecule has 2 N–H and O–H groups in total. The molecule has 0 saturated carbocycles. The summed E-state index contributed by atoms with van der Waals surface area (Å²) in [7, 11) is 0. The van der Waals surface area contributed by atoms with Crippen LogP contribution in [0.25, 0.3) is 0 Å². The molecule has 0 aliphatic rings. The molecule has 1 rings (SSSR count). The van der Waals surface area contributed by atoms with E-state index < -0.39 is 5.97 Å². The van der Waals surface area contributed by atoms with E-state index in [-0.39, 0.29) is 12.2 Å². The highest BCUT2D eigenvalue weighted by molar-refractivity contribution is 5.71. The number of aromatic hydroxyl groups is 1. The van der Waals surface area contributed by atoms with Crippen LogP contribution in [0.1, 0.15) is 16.7 Å². The van der Waals surface area contributed by atoms with Crippen LogP contribution in [0.2, 0.25) is 0 Å². The Hall–Kier alpha value is -1.51. The summed E-state index contributed by atoms with van der Waals surface area (Å²) < 4.78 is 0. The minimum atomic E-state index is -0.881. The highest BCUT2D eigenvalue weighted by Gasteiger charge is 2.07. The Kier molecular flexibility index (Phi) is 2.56. The summed E-state index contributed by atoms with van der Waals surface area (Å²) in [4.78, 5) is 10.5. The second-order valence-corrected chi connectivity index (χ2v) is 3.12. The zero-order valence-electron chi connectivity index (χ0n) is 7.66. The number of benzene rings is 1. The number of carboxylic acid groups (broad SMARTS) is 1. The first-order valence-corrected chi connectivity index (χ1v) is 4.01. The molecule has 0 atom stereocenters. The lowest BCUT2D eigenvalue weighted by Gasteiger charge is -2.07. The molecule has 0 heterocycles. The highest BCUT2D eigenvalue weighted by Crippen LogP contribution is 2.20. The van der Waals surface area contributed by atoms with Crippen molar-refractivity contribution in [3.8, 4) is 5.75 Å². The average Bonchev–Trinajstić information content (AvgIpc) is 1.98. The Morgan fingerprint density at radius 2 is 2.00 bits per heavy atom. The van der Waals surface area contributed by atoms with Crippen molar-refractivity contribution in [2.45, 2.75) is 20.3 Å². The van der Waals surface area contributed by atoms with Crippen molar-refractivity contribution in [1.29, 1.82) is 0 Å². The maximum absolute atomic E-state index is 10.5. The number of hydrogen-bond donors (Lipinski definition) is 2. The normalized spacial score (nSPS) is 10.0. The summed E-state index contributed by atoms with van der Waals surface area (Å²) in [6.07, 6.45) is -0.0406. The van der Waals surface area contributed by atoms with Gasteiger partial charge in [0.1, 0.15) is 5.75 Å². The smallest absolute Gasteiger partial charge is 0.307 e. The Balaban J connectivity index is 3.12. The van der Waals surface area contributed by atoms with E-state index in [0.29, 0.717) is 5.56 Å². The van der Waals surface area contributed by atoms with Crippen molar-refractivity contribution in [3.63, 3.8) is 0 Å². The molecule has 1 aromatic carbocycles. The van der Waals surface area contributed by atoms with Crippen LogP contribution in [0.3, 0.4) is 0 Å². The quantitative estimate of drug-likeness (QED) is 0.727. The number of carbonyl (C=O) groups is 1. The van der Waals surface area contributed by atoms with E-state index in [0.717, 1.165) is 11.1 Å². The van der Waals surface area contributed by atoms with Gasteiger partial charge in [0, 0.05) is 0 Å². The standard InChI is InChI=1S/C10H12O3/c1-6-3-9(11)4-8(7(6)2)5-10(12)13/h3-4,11H,5H2,1-2H3,(H,12,13). The SMILES string of the molecule is Cc1cc(O)cc(CC(=O)O)c1C. The van der Waals surface area contributed by atoms with Crippen LogP contribution in [0, 0.1) is 13.8 Å². The first kappa shape index (κ1) is 9.58. The largest absolute Gasteiger partial charge is 0.508 e. The van der Waals surface area contributed by atoms with Crippen LogP contribution in [-0.4, -0.2) is 16.2 Å². The van der Waals surface area contributed by atoms with E-state index in [1.807, 2.05) is 13.8 Å². The monoisotopic (exact) mass is 180 g/mol. The maximum Gasteiger partial charge on any atom is 0.307 e. The lowest BCUT2D eigenvalue weighted by atomic mass is 10.0. The van der Waals surface area contributed by atoms with E-state index in [1.165, 1.54) is 6.07 Å². The van der Waals surface area contributed by atoms with Gasteiger partial charge in [-0.1, -0.05) is 0 Å². The van der Waals surface area contributed by atoms with Crippen molar-refractivity contribution in [2.24, 2.45) is 0 Å². The first-order valence-electron chi connectivity index (χ1n) is 4.01. The molecule has 0 unspecified atom stereocenters. The van der Waals surface area contributed by atoms with Crippen molar-refractivity contribution in [3.05, 3.63) is 28.8 Å². The number of phenolic OH excluding ortho intramolecular Hbond substituents is 1. The average molecular weight is 180 g/mol. The fourth-order valence-corrected chi connectivity index (χ4v) is 1.26. The molecule has 0 amide bonds. The van der Waals surface area contributed by atoms with Gasteiger partial charge in [-0.15, -0.1) is 0 Å². The van der Waals surface area contributed by atoms with E-state index in [1.54, 1.807) is 6.07 Å². The third-order valence-corrected chi connectivity index (χ3v) is 2.10. The van der Waals surface area contributed by atoms with E-state index in [9.17, 15) is 9.90 Å². The fourth-order valence-electron chi connectivity index (χ4n) is 1.26. The molecular formula is C10H12O3. The summed E-state index contributed by atoms with van der Waals surface area (Å²) in [6, 6.07) is 3.12. The molecule has 0 spiro atoms. The summed E-state index contributed by atoms with van der Waals surface area (Å²) in [5, 5.41) is 17.8. The molecule has 70 valence electrons. The van der Waals surface area contributed by atoms with E-state index in [2.05, 4.69) is 0 Å². The van der Waals surface area contributed by atoms with Crippen LogP contribution in [0.4, 0.5) is 0 Å². The Morgan fingerprint density at radius 3 is 2.54 bits per heavy atom. The number of rotatable bonds is 2. The van der Waals surface area contributed by atoms with Gasteiger partial charge in [0.15, 0.2) is 0 Å². The lowest BCUT2D eigenvalue weighted by Crippen LogP contribution is -2.02. The number of carboxylic acids is 1. The summed E-state index contributed by atoms with van der Waals surface area (Å²) in [5.41, 5.74) is 2.52. The molecule has 0 aliphatic heterocycles. The topological polar surface area (TPSA) is 57.5 Å². The number of aryl methyl sites for hydroxylation is 1. The zero-order chi connectivity index (χ0) is 10.0. The van der Waals surface area contributed by atoms with Crippen LogP contribution >= 0.6 is 0 Å². The third kappa shape index (κ3) is 2.21. The minimum absolute atomic E-state index is 0.0406. The van der Waals surface area contributed by atoms with Crippen LogP contribution < -0.4 is 0 Å². The highest BCUT2D eigenvalue weighted by atomic mass is 16.4. The molecule has 0 fully saturated rings. The molecule has 0 bridgehead atoms. The van der Waals surface area contributed by atoms with Crippen molar-refractivity contribution in [2.75, 3.05) is 0 Å². The van der Waals surface area contributed by atoms with E-state index in [4.69, 9.17) is 5.11 Å². The second-order valence-electron chi connectivity index (χ2n) is 3.12. The molecule has 13 heavy (non-hydrogen) atoms. The van der Waals surface area contributed by atoms with E-state index >= 15 is 0 Å². The van der Waals surface area contributed by atoms with Crippen LogP contribution in [0.15, 0.2) is 12.1 Å². The maximum atomic E-state index is 10.5. The summed E-state index contributed by atoms with van der Waals surface area (Å²) in [6.45, 7) is 3.70. The minimum Gasteiger partial charge on any atom is -0.508 e. The second kappa shape index (κ2) is 3.47. The van der Waals surface area contributed by atoms with Gasteiger partial charge in [-0.25, -0.2) is 0 Å². The van der Waals surface area contributed by atoms with Gasteiger partial charge in [0.25, 0.3) is 0 Å². The molecule has 1 aromatic rings.